The smallest absolute Gasteiger partial charge is 0.209 e. The van der Waals surface area contributed by atoms with Gasteiger partial charge in [0, 0.05) is 13.1 Å². The van der Waals surface area contributed by atoms with E-state index in [2.05, 4.69) is 0 Å². The summed E-state index contributed by atoms with van der Waals surface area (Å²) in [5, 5.41) is 0. The number of carbonyl (C=O) groups is 1. The van der Waals surface area contributed by atoms with E-state index in [1.54, 1.807) is 4.90 Å². The van der Waals surface area contributed by atoms with E-state index in [4.69, 9.17) is 5.73 Å². The second-order valence-corrected chi connectivity index (χ2v) is 2.84. The summed E-state index contributed by atoms with van der Waals surface area (Å²) in [5.74, 6) is 0.541. The van der Waals surface area contributed by atoms with Crippen LogP contribution in [0.15, 0.2) is 0 Å². The molecule has 1 saturated heterocycles. The second-order valence-electron chi connectivity index (χ2n) is 2.84. The molecule has 1 amide bonds. The number of nitrogens with two attached hydrogens (primary N) is 1. The zero-order valence-corrected chi connectivity index (χ0v) is 6.12. The van der Waals surface area contributed by atoms with Gasteiger partial charge in [0.1, 0.15) is 0 Å². The highest BCUT2D eigenvalue weighted by Crippen LogP contribution is 2.12. The molecule has 0 bridgehead atoms. The first-order chi connectivity index (χ1) is 4.86. The first-order valence-corrected chi connectivity index (χ1v) is 3.76. The fourth-order valence-corrected chi connectivity index (χ4v) is 1.39. The maximum absolute atomic E-state index is 10.3. The van der Waals surface area contributed by atoms with Gasteiger partial charge in [0.2, 0.25) is 6.41 Å². The van der Waals surface area contributed by atoms with Crippen molar-refractivity contribution in [2.75, 3.05) is 19.6 Å². The SMILES string of the molecule is NCC1CCCN(C=O)C1. The van der Waals surface area contributed by atoms with Crippen molar-refractivity contribution in [3.8, 4) is 0 Å². The third-order valence-corrected chi connectivity index (χ3v) is 2.03. The van der Waals surface area contributed by atoms with Crippen molar-refractivity contribution in [1.29, 1.82) is 0 Å². The average Bonchev–Trinajstić information content (AvgIpc) is 2.05. The molecule has 0 aromatic carbocycles. The van der Waals surface area contributed by atoms with Gasteiger partial charge >= 0.3 is 0 Å². The highest BCUT2D eigenvalue weighted by molar-refractivity contribution is 5.47. The number of rotatable bonds is 2. The molecule has 1 aliphatic rings. The van der Waals surface area contributed by atoms with Crippen molar-refractivity contribution < 1.29 is 4.79 Å². The van der Waals surface area contributed by atoms with Gasteiger partial charge in [-0.05, 0) is 25.3 Å². The van der Waals surface area contributed by atoms with Crippen molar-refractivity contribution >= 4 is 6.41 Å². The Morgan fingerprint density at radius 2 is 2.50 bits per heavy atom. The van der Waals surface area contributed by atoms with Crippen LogP contribution < -0.4 is 5.73 Å². The summed E-state index contributed by atoms with van der Waals surface area (Å²) >= 11 is 0. The molecule has 10 heavy (non-hydrogen) atoms. The van der Waals surface area contributed by atoms with Crippen LogP contribution in [0.5, 0.6) is 0 Å². The normalized spacial score (nSPS) is 26.5. The van der Waals surface area contributed by atoms with Gasteiger partial charge in [0.15, 0.2) is 0 Å². The molecule has 0 aromatic rings. The van der Waals surface area contributed by atoms with E-state index in [-0.39, 0.29) is 0 Å². The zero-order valence-electron chi connectivity index (χ0n) is 6.12. The van der Waals surface area contributed by atoms with Crippen LogP contribution in [-0.4, -0.2) is 30.9 Å². The van der Waals surface area contributed by atoms with Crippen molar-refractivity contribution in [3.05, 3.63) is 0 Å². The highest BCUT2D eigenvalue weighted by atomic mass is 16.1. The lowest BCUT2D eigenvalue weighted by atomic mass is 9.99. The van der Waals surface area contributed by atoms with Crippen LogP contribution in [0.25, 0.3) is 0 Å². The van der Waals surface area contributed by atoms with Gasteiger partial charge in [-0.3, -0.25) is 4.79 Å². The Morgan fingerprint density at radius 1 is 1.70 bits per heavy atom. The zero-order chi connectivity index (χ0) is 7.40. The van der Waals surface area contributed by atoms with Crippen molar-refractivity contribution in [2.45, 2.75) is 12.8 Å². The van der Waals surface area contributed by atoms with Gasteiger partial charge in [-0.25, -0.2) is 0 Å². The Hall–Kier alpha value is -0.570. The molecule has 0 aliphatic carbocycles. The Labute approximate surface area is 61.2 Å². The van der Waals surface area contributed by atoms with E-state index in [9.17, 15) is 4.79 Å². The van der Waals surface area contributed by atoms with E-state index in [1.807, 2.05) is 0 Å². The van der Waals surface area contributed by atoms with Crippen LogP contribution in [-0.2, 0) is 4.79 Å². The molecule has 1 heterocycles. The van der Waals surface area contributed by atoms with E-state index in [1.165, 1.54) is 6.42 Å². The molecule has 3 heteroatoms. The molecule has 1 aliphatic heterocycles. The van der Waals surface area contributed by atoms with Gasteiger partial charge < -0.3 is 10.6 Å². The molecule has 2 N–H and O–H groups in total. The van der Waals surface area contributed by atoms with E-state index < -0.39 is 0 Å². The van der Waals surface area contributed by atoms with Gasteiger partial charge in [-0.1, -0.05) is 0 Å². The summed E-state index contributed by atoms with van der Waals surface area (Å²) < 4.78 is 0. The van der Waals surface area contributed by atoms with Crippen LogP contribution in [0.4, 0.5) is 0 Å². The Morgan fingerprint density at radius 3 is 3.10 bits per heavy atom. The minimum atomic E-state index is 0.541. The highest BCUT2D eigenvalue weighted by Gasteiger charge is 2.16. The van der Waals surface area contributed by atoms with E-state index in [0.29, 0.717) is 12.5 Å². The topological polar surface area (TPSA) is 46.3 Å². The van der Waals surface area contributed by atoms with E-state index >= 15 is 0 Å². The summed E-state index contributed by atoms with van der Waals surface area (Å²) in [7, 11) is 0. The molecular formula is C7H14N2O. The van der Waals surface area contributed by atoms with Gasteiger partial charge in [-0.15, -0.1) is 0 Å². The lowest BCUT2D eigenvalue weighted by molar-refractivity contribution is -0.119. The molecule has 1 rings (SSSR count). The van der Waals surface area contributed by atoms with Gasteiger partial charge in [0.25, 0.3) is 0 Å². The number of nitrogens with zero attached hydrogens (tertiary/aromatic N) is 1. The molecule has 1 atom stereocenters. The summed E-state index contributed by atoms with van der Waals surface area (Å²) in [6.07, 6.45) is 3.21. The summed E-state index contributed by atoms with van der Waals surface area (Å²) in [6.45, 7) is 2.49. The predicted molar refractivity (Wildman–Crippen MR) is 39.4 cm³/mol. The van der Waals surface area contributed by atoms with Crippen LogP contribution in [0, 0.1) is 5.92 Å². The van der Waals surface area contributed by atoms with Crippen LogP contribution in [0.1, 0.15) is 12.8 Å². The molecule has 0 spiro atoms. The Bertz CT molecular complexity index is 116. The maximum Gasteiger partial charge on any atom is 0.209 e. The molecule has 0 saturated carbocycles. The van der Waals surface area contributed by atoms with E-state index in [0.717, 1.165) is 25.9 Å². The van der Waals surface area contributed by atoms with Crippen LogP contribution in [0.3, 0.4) is 0 Å². The van der Waals surface area contributed by atoms with Crippen LogP contribution >= 0.6 is 0 Å². The van der Waals surface area contributed by atoms with Crippen molar-refractivity contribution in [3.63, 3.8) is 0 Å². The number of hydrogen-bond acceptors (Lipinski definition) is 2. The largest absolute Gasteiger partial charge is 0.345 e. The first-order valence-electron chi connectivity index (χ1n) is 3.76. The number of hydrogen-bond donors (Lipinski definition) is 1. The maximum atomic E-state index is 10.3. The summed E-state index contributed by atoms with van der Waals surface area (Å²) in [5.41, 5.74) is 5.48. The number of carbonyl (C=O) groups excluding carboxylic acids is 1. The fraction of sp³-hybridized carbons (Fsp3) is 0.857. The lowest BCUT2D eigenvalue weighted by Crippen LogP contribution is -2.37. The minimum absolute atomic E-state index is 0.541. The molecular weight excluding hydrogens is 128 g/mol. The summed E-state index contributed by atoms with van der Waals surface area (Å²) in [4.78, 5) is 12.1. The number of piperidine rings is 1. The standard InChI is InChI=1S/C7H14N2O/c8-4-7-2-1-3-9(5-7)6-10/h6-7H,1-5,8H2. The minimum Gasteiger partial charge on any atom is -0.345 e. The monoisotopic (exact) mass is 142 g/mol. The van der Waals surface area contributed by atoms with Gasteiger partial charge in [-0.2, -0.15) is 0 Å². The molecule has 0 aromatic heterocycles. The fourth-order valence-electron chi connectivity index (χ4n) is 1.39. The Balaban J connectivity index is 2.31. The van der Waals surface area contributed by atoms with Crippen molar-refractivity contribution in [1.82, 2.24) is 4.90 Å². The molecule has 1 unspecified atom stereocenters. The van der Waals surface area contributed by atoms with Gasteiger partial charge in [0.05, 0.1) is 0 Å². The Kier molecular flexibility index (Phi) is 2.68. The number of likely N-dealkylation sites (tertiary alicyclic amines) is 1. The van der Waals surface area contributed by atoms with Crippen molar-refractivity contribution in [2.24, 2.45) is 11.7 Å². The molecule has 1 fully saturated rings. The van der Waals surface area contributed by atoms with Crippen LogP contribution in [0.2, 0.25) is 0 Å². The number of amides is 1. The second kappa shape index (κ2) is 3.56. The lowest BCUT2D eigenvalue weighted by Gasteiger charge is -2.28. The predicted octanol–water partition coefficient (Wildman–Crippen LogP) is -0.186. The molecule has 3 nitrogen and oxygen atoms in total. The molecule has 58 valence electrons. The summed E-state index contributed by atoms with van der Waals surface area (Å²) in [6, 6.07) is 0. The molecule has 0 radical (unpaired) electrons. The third-order valence-electron chi connectivity index (χ3n) is 2.03. The third kappa shape index (κ3) is 1.70. The average molecular weight is 142 g/mol. The first kappa shape index (κ1) is 7.54. The quantitative estimate of drug-likeness (QED) is 0.543.